The summed E-state index contributed by atoms with van der Waals surface area (Å²) in [4.78, 5) is 7.64. The van der Waals surface area contributed by atoms with Crippen LogP contribution in [0.4, 0.5) is 0 Å². The molecule has 0 aliphatic heterocycles. The van der Waals surface area contributed by atoms with Gasteiger partial charge in [0.05, 0.1) is 18.1 Å². The molecule has 0 aliphatic carbocycles. The maximum absolute atomic E-state index is 3.95. The van der Waals surface area contributed by atoms with Gasteiger partial charge in [-0.05, 0) is 12.1 Å². The highest BCUT2D eigenvalue weighted by atomic mass is 15.1. The Kier molecular flexibility index (Phi) is 1.74. The molecule has 0 saturated carbocycles. The second-order valence-electron chi connectivity index (χ2n) is 2.17. The van der Waals surface area contributed by atoms with E-state index in [1.807, 2.05) is 6.07 Å². The zero-order valence-electron chi connectivity index (χ0n) is 6.18. The average molecular weight is 157 g/mol. The third kappa shape index (κ3) is 1.27. The summed E-state index contributed by atoms with van der Waals surface area (Å²) in [5, 5.41) is 7.40. The molecule has 2 heterocycles. The summed E-state index contributed by atoms with van der Waals surface area (Å²) >= 11 is 0. The Labute approximate surface area is 69.3 Å². The minimum absolute atomic E-state index is 0.805. The Morgan fingerprint density at radius 3 is 2.75 bits per heavy atom. The van der Waals surface area contributed by atoms with Gasteiger partial charge in [0, 0.05) is 11.8 Å². The van der Waals surface area contributed by atoms with Gasteiger partial charge in [-0.1, -0.05) is 0 Å². The van der Waals surface area contributed by atoms with Gasteiger partial charge < -0.3 is 0 Å². The molecular formula is C8H5N4. The molecule has 0 amide bonds. The Morgan fingerprint density at radius 2 is 2.08 bits per heavy atom. The van der Waals surface area contributed by atoms with Crippen molar-refractivity contribution in [2.75, 3.05) is 0 Å². The summed E-state index contributed by atoms with van der Waals surface area (Å²) in [6, 6.07) is 3.64. The number of nitrogens with zero attached hydrogens (tertiary/aromatic N) is 4. The van der Waals surface area contributed by atoms with Gasteiger partial charge in [0.25, 0.3) is 0 Å². The lowest BCUT2D eigenvalue weighted by Gasteiger charge is -1.95. The maximum Gasteiger partial charge on any atom is 0.198 e. The van der Waals surface area contributed by atoms with Crippen LogP contribution in [0.5, 0.6) is 0 Å². The highest BCUT2D eigenvalue weighted by molar-refractivity contribution is 5.55. The third-order valence-corrected chi connectivity index (χ3v) is 1.42. The summed E-state index contributed by atoms with van der Waals surface area (Å²) in [5.41, 5.74) is 1.73. The molecule has 1 radical (unpaired) electrons. The van der Waals surface area contributed by atoms with Gasteiger partial charge in [-0.15, -0.1) is 0 Å². The third-order valence-electron chi connectivity index (χ3n) is 1.42. The second kappa shape index (κ2) is 3.04. The normalized spacial score (nSPS) is 9.67. The van der Waals surface area contributed by atoms with Gasteiger partial charge in [0.1, 0.15) is 0 Å². The monoisotopic (exact) mass is 157 g/mol. The van der Waals surface area contributed by atoms with Crippen molar-refractivity contribution in [2.24, 2.45) is 0 Å². The molecular weight excluding hydrogens is 152 g/mol. The van der Waals surface area contributed by atoms with Gasteiger partial charge in [-0.3, -0.25) is 0 Å². The fourth-order valence-electron chi connectivity index (χ4n) is 0.864. The minimum Gasteiger partial charge on any atom is -0.234 e. The van der Waals surface area contributed by atoms with Gasteiger partial charge in [0.2, 0.25) is 0 Å². The number of hydrogen-bond acceptors (Lipinski definition) is 4. The Bertz CT molecular complexity index is 308. The van der Waals surface area contributed by atoms with Crippen molar-refractivity contribution in [3.63, 3.8) is 0 Å². The van der Waals surface area contributed by atoms with E-state index in [4.69, 9.17) is 0 Å². The summed E-state index contributed by atoms with van der Waals surface area (Å²) in [7, 11) is 0. The standard InChI is InChI=1S/C8H5N4/c1-4-11-12-5-7(1)8-2-3-9-6-10-8/h1-5H. The van der Waals surface area contributed by atoms with Crippen LogP contribution in [0.25, 0.3) is 11.3 Å². The van der Waals surface area contributed by atoms with Crippen LogP contribution in [-0.2, 0) is 0 Å². The number of rotatable bonds is 1. The summed E-state index contributed by atoms with van der Waals surface area (Å²) in [6.45, 7) is 0. The Morgan fingerprint density at radius 1 is 1.08 bits per heavy atom. The first-order valence-electron chi connectivity index (χ1n) is 3.43. The molecule has 12 heavy (non-hydrogen) atoms. The quantitative estimate of drug-likeness (QED) is 0.612. The van der Waals surface area contributed by atoms with Crippen LogP contribution >= 0.6 is 0 Å². The van der Waals surface area contributed by atoms with Crippen LogP contribution in [0.3, 0.4) is 0 Å². The highest BCUT2D eigenvalue weighted by Crippen LogP contribution is 2.11. The molecule has 0 N–H and O–H groups in total. The molecule has 57 valence electrons. The van der Waals surface area contributed by atoms with Gasteiger partial charge in [-0.25, -0.2) is 9.97 Å². The SMILES string of the molecule is [c]1nccc(-c2ccnnc2)n1. The first-order valence-corrected chi connectivity index (χ1v) is 3.43. The Hall–Kier alpha value is -1.84. The molecule has 0 saturated heterocycles. The van der Waals surface area contributed by atoms with Crippen molar-refractivity contribution in [2.45, 2.75) is 0 Å². The lowest BCUT2D eigenvalue weighted by molar-refractivity contribution is 1.03. The zero-order valence-corrected chi connectivity index (χ0v) is 6.18. The molecule has 2 aromatic heterocycles. The molecule has 0 fully saturated rings. The Balaban J connectivity index is 2.46. The van der Waals surface area contributed by atoms with Crippen LogP contribution in [-0.4, -0.2) is 20.2 Å². The smallest absolute Gasteiger partial charge is 0.198 e. The predicted molar refractivity (Wildman–Crippen MR) is 41.9 cm³/mol. The molecule has 0 unspecified atom stereocenters. The van der Waals surface area contributed by atoms with E-state index in [0.29, 0.717) is 0 Å². The van der Waals surface area contributed by atoms with Crippen molar-refractivity contribution in [3.8, 4) is 11.3 Å². The van der Waals surface area contributed by atoms with E-state index in [1.54, 1.807) is 24.7 Å². The van der Waals surface area contributed by atoms with Gasteiger partial charge >= 0.3 is 0 Å². The first-order chi connectivity index (χ1) is 5.97. The van der Waals surface area contributed by atoms with Crippen LogP contribution in [0.1, 0.15) is 0 Å². The van der Waals surface area contributed by atoms with Gasteiger partial charge in [-0.2, -0.15) is 10.2 Å². The molecule has 0 aliphatic rings. The molecule has 0 aromatic carbocycles. The van der Waals surface area contributed by atoms with E-state index in [1.165, 1.54) is 0 Å². The fourth-order valence-corrected chi connectivity index (χ4v) is 0.864. The summed E-state index contributed by atoms with van der Waals surface area (Å²) in [5.74, 6) is 0. The number of hydrogen-bond donors (Lipinski definition) is 0. The van der Waals surface area contributed by atoms with E-state index in [0.717, 1.165) is 11.3 Å². The molecule has 4 heteroatoms. The predicted octanol–water partition coefficient (Wildman–Crippen LogP) is 0.734. The van der Waals surface area contributed by atoms with Crippen LogP contribution in [0.2, 0.25) is 0 Å². The highest BCUT2D eigenvalue weighted by Gasteiger charge is 1.96. The van der Waals surface area contributed by atoms with Crippen molar-refractivity contribution in [1.29, 1.82) is 0 Å². The van der Waals surface area contributed by atoms with E-state index >= 15 is 0 Å². The maximum atomic E-state index is 3.95. The van der Waals surface area contributed by atoms with E-state index < -0.39 is 0 Å². The fraction of sp³-hybridized carbons (Fsp3) is 0. The van der Waals surface area contributed by atoms with Crippen molar-refractivity contribution < 1.29 is 0 Å². The lowest BCUT2D eigenvalue weighted by atomic mass is 10.2. The van der Waals surface area contributed by atoms with Crippen LogP contribution in [0.15, 0.2) is 30.7 Å². The van der Waals surface area contributed by atoms with Crippen LogP contribution in [0, 0.1) is 6.33 Å². The topological polar surface area (TPSA) is 51.6 Å². The van der Waals surface area contributed by atoms with Gasteiger partial charge in [0.15, 0.2) is 6.33 Å². The molecule has 0 spiro atoms. The zero-order chi connectivity index (χ0) is 8.23. The van der Waals surface area contributed by atoms with E-state index in [2.05, 4.69) is 26.5 Å². The molecule has 2 aromatic rings. The molecule has 0 bridgehead atoms. The van der Waals surface area contributed by atoms with Crippen LogP contribution < -0.4 is 0 Å². The van der Waals surface area contributed by atoms with Crippen molar-refractivity contribution >= 4 is 0 Å². The molecule has 4 nitrogen and oxygen atoms in total. The molecule has 0 atom stereocenters. The van der Waals surface area contributed by atoms with Crippen molar-refractivity contribution in [1.82, 2.24) is 20.2 Å². The largest absolute Gasteiger partial charge is 0.234 e. The van der Waals surface area contributed by atoms with E-state index in [9.17, 15) is 0 Å². The lowest BCUT2D eigenvalue weighted by Crippen LogP contribution is -1.86. The average Bonchev–Trinajstić information content (AvgIpc) is 2.21. The summed E-state index contributed by atoms with van der Waals surface area (Å²) < 4.78 is 0. The number of aromatic nitrogens is 4. The first kappa shape index (κ1) is 6.84. The second-order valence-corrected chi connectivity index (χ2v) is 2.17. The minimum atomic E-state index is 0.805. The molecule has 2 rings (SSSR count). The van der Waals surface area contributed by atoms with Crippen molar-refractivity contribution in [3.05, 3.63) is 37.1 Å². The summed E-state index contributed by atoms with van der Waals surface area (Å²) in [6.07, 6.45) is 7.42. The van der Waals surface area contributed by atoms with E-state index in [-0.39, 0.29) is 0 Å².